The van der Waals surface area contributed by atoms with Crippen LogP contribution in [-0.4, -0.2) is 27.6 Å². The van der Waals surface area contributed by atoms with Crippen molar-refractivity contribution in [2.75, 3.05) is 12.4 Å². The molecule has 0 aromatic carbocycles. The highest BCUT2D eigenvalue weighted by molar-refractivity contribution is 7.10. The minimum absolute atomic E-state index is 0.735. The van der Waals surface area contributed by atoms with Crippen molar-refractivity contribution >= 4 is 27.9 Å². The second-order valence-corrected chi connectivity index (χ2v) is 6.30. The highest BCUT2D eigenvalue weighted by Crippen LogP contribution is 2.31. The summed E-state index contributed by atoms with van der Waals surface area (Å²) >= 11 is 3.26. The summed E-state index contributed by atoms with van der Waals surface area (Å²) in [7, 11) is 1.93. The molecule has 0 saturated heterocycles. The van der Waals surface area contributed by atoms with Gasteiger partial charge in [-0.1, -0.05) is 10.6 Å². The first-order valence-corrected chi connectivity index (χ1v) is 7.77. The van der Waals surface area contributed by atoms with Gasteiger partial charge < -0.3 is 5.32 Å². The molecule has 18 heavy (non-hydrogen) atoms. The molecule has 0 spiro atoms. The molecule has 0 unspecified atom stereocenters. The normalized spacial score (nSPS) is 15.2. The molecular weight excluding hydrogens is 264 g/mol. The van der Waals surface area contributed by atoms with E-state index in [1.165, 1.54) is 29.3 Å². The molecule has 1 aliphatic rings. The lowest BCUT2D eigenvalue weighted by Crippen LogP contribution is -2.25. The summed E-state index contributed by atoms with van der Waals surface area (Å²) in [6.07, 6.45) is 2.63. The van der Waals surface area contributed by atoms with Gasteiger partial charge in [0.05, 0.1) is 0 Å². The summed E-state index contributed by atoms with van der Waals surface area (Å²) < 4.78 is 4.03. The summed E-state index contributed by atoms with van der Waals surface area (Å²) in [5.41, 5.74) is 1.07. The third-order valence-electron chi connectivity index (χ3n) is 3.14. The second-order valence-electron chi connectivity index (χ2n) is 4.51. The first-order chi connectivity index (χ1) is 8.86. The van der Waals surface area contributed by atoms with E-state index in [4.69, 9.17) is 0 Å². The molecule has 2 aromatic rings. The molecule has 0 radical (unpaired) electrons. The standard InChI is InChI=1S/C12H16N4S2/c1-13-12-11(14-15-18-12)8-16(9-4-5-9)7-10-3-2-6-17-10/h2-3,6,9,13H,4-5,7-8H2,1H3. The van der Waals surface area contributed by atoms with Gasteiger partial charge in [0.25, 0.3) is 0 Å². The Bertz CT molecular complexity index is 490. The van der Waals surface area contributed by atoms with Crippen molar-refractivity contribution in [3.8, 4) is 0 Å². The first kappa shape index (κ1) is 12.1. The minimum atomic E-state index is 0.735. The average molecular weight is 280 g/mol. The second kappa shape index (κ2) is 5.34. The maximum Gasteiger partial charge on any atom is 0.134 e. The zero-order valence-corrected chi connectivity index (χ0v) is 11.9. The first-order valence-electron chi connectivity index (χ1n) is 6.12. The fourth-order valence-electron chi connectivity index (χ4n) is 2.05. The summed E-state index contributed by atoms with van der Waals surface area (Å²) in [6.45, 7) is 1.93. The quantitative estimate of drug-likeness (QED) is 0.883. The molecule has 4 nitrogen and oxygen atoms in total. The van der Waals surface area contributed by atoms with Crippen LogP contribution >= 0.6 is 22.9 Å². The van der Waals surface area contributed by atoms with Crippen molar-refractivity contribution in [3.05, 3.63) is 28.1 Å². The Kier molecular flexibility index (Phi) is 3.58. The zero-order chi connectivity index (χ0) is 12.4. The predicted octanol–water partition coefficient (Wildman–Crippen LogP) is 2.81. The molecule has 0 atom stereocenters. The van der Waals surface area contributed by atoms with E-state index in [0.29, 0.717) is 0 Å². The molecule has 6 heteroatoms. The van der Waals surface area contributed by atoms with E-state index in [1.54, 1.807) is 0 Å². The van der Waals surface area contributed by atoms with E-state index in [0.717, 1.165) is 29.8 Å². The highest BCUT2D eigenvalue weighted by Gasteiger charge is 2.30. The van der Waals surface area contributed by atoms with E-state index in [1.807, 2.05) is 18.4 Å². The lowest BCUT2D eigenvalue weighted by atomic mass is 10.3. The summed E-state index contributed by atoms with van der Waals surface area (Å²) in [4.78, 5) is 3.94. The van der Waals surface area contributed by atoms with Crippen molar-refractivity contribution in [1.82, 2.24) is 14.5 Å². The van der Waals surface area contributed by atoms with Crippen LogP contribution in [0.4, 0.5) is 5.00 Å². The van der Waals surface area contributed by atoms with Gasteiger partial charge in [-0.15, -0.1) is 16.4 Å². The molecule has 1 aliphatic carbocycles. The molecule has 2 aromatic heterocycles. The van der Waals surface area contributed by atoms with Gasteiger partial charge in [-0.25, -0.2) is 0 Å². The van der Waals surface area contributed by atoms with Gasteiger partial charge in [-0.2, -0.15) is 0 Å². The third kappa shape index (κ3) is 2.71. The fraction of sp³-hybridized carbons (Fsp3) is 0.500. The summed E-state index contributed by atoms with van der Waals surface area (Å²) in [6, 6.07) is 5.06. The molecule has 0 aliphatic heterocycles. The summed E-state index contributed by atoms with van der Waals surface area (Å²) in [5.74, 6) is 0. The van der Waals surface area contributed by atoms with Gasteiger partial charge in [0.1, 0.15) is 10.7 Å². The van der Waals surface area contributed by atoms with E-state index in [-0.39, 0.29) is 0 Å². The monoisotopic (exact) mass is 280 g/mol. The van der Waals surface area contributed by atoms with Crippen LogP contribution in [0.2, 0.25) is 0 Å². The van der Waals surface area contributed by atoms with Crippen LogP contribution in [-0.2, 0) is 13.1 Å². The van der Waals surface area contributed by atoms with Gasteiger partial charge in [0, 0.05) is 42.6 Å². The smallest absolute Gasteiger partial charge is 0.134 e. The molecule has 0 bridgehead atoms. The fourth-order valence-corrected chi connectivity index (χ4v) is 3.30. The van der Waals surface area contributed by atoms with Crippen LogP contribution < -0.4 is 5.32 Å². The van der Waals surface area contributed by atoms with Crippen LogP contribution in [0.5, 0.6) is 0 Å². The Labute approximate surface area is 115 Å². The van der Waals surface area contributed by atoms with E-state index < -0.39 is 0 Å². The van der Waals surface area contributed by atoms with Gasteiger partial charge in [-0.05, 0) is 24.3 Å². The Morgan fingerprint density at radius 1 is 1.44 bits per heavy atom. The van der Waals surface area contributed by atoms with E-state index in [2.05, 4.69) is 37.3 Å². The van der Waals surface area contributed by atoms with Crippen molar-refractivity contribution in [1.29, 1.82) is 0 Å². The van der Waals surface area contributed by atoms with Crippen LogP contribution in [0.1, 0.15) is 23.4 Å². The highest BCUT2D eigenvalue weighted by atomic mass is 32.1. The van der Waals surface area contributed by atoms with Crippen LogP contribution in [0.25, 0.3) is 0 Å². The van der Waals surface area contributed by atoms with E-state index >= 15 is 0 Å². The Hall–Kier alpha value is -0.980. The topological polar surface area (TPSA) is 41.1 Å². The van der Waals surface area contributed by atoms with Gasteiger partial charge in [0.2, 0.25) is 0 Å². The number of nitrogens with zero attached hydrogens (tertiary/aromatic N) is 3. The molecule has 2 heterocycles. The van der Waals surface area contributed by atoms with Gasteiger partial charge in [0.15, 0.2) is 0 Å². The van der Waals surface area contributed by atoms with Crippen molar-refractivity contribution in [2.24, 2.45) is 0 Å². The maximum absolute atomic E-state index is 4.23. The SMILES string of the molecule is CNc1snnc1CN(Cc1cccs1)C1CC1. The third-order valence-corrected chi connectivity index (χ3v) is 4.78. The Morgan fingerprint density at radius 2 is 2.33 bits per heavy atom. The number of anilines is 1. The molecular formula is C12H16N4S2. The Balaban J connectivity index is 1.70. The van der Waals surface area contributed by atoms with Crippen molar-refractivity contribution in [2.45, 2.75) is 32.0 Å². The van der Waals surface area contributed by atoms with E-state index in [9.17, 15) is 0 Å². The Morgan fingerprint density at radius 3 is 3.00 bits per heavy atom. The molecule has 1 N–H and O–H groups in total. The number of hydrogen-bond donors (Lipinski definition) is 1. The average Bonchev–Trinajstić information content (AvgIpc) is 2.92. The lowest BCUT2D eigenvalue weighted by molar-refractivity contribution is 0.245. The van der Waals surface area contributed by atoms with Gasteiger partial charge in [-0.3, -0.25) is 4.90 Å². The van der Waals surface area contributed by atoms with Crippen molar-refractivity contribution in [3.63, 3.8) is 0 Å². The number of hydrogen-bond acceptors (Lipinski definition) is 6. The number of thiophene rings is 1. The van der Waals surface area contributed by atoms with Crippen LogP contribution in [0, 0.1) is 0 Å². The number of nitrogens with one attached hydrogen (secondary N) is 1. The summed E-state index contributed by atoms with van der Waals surface area (Å²) in [5, 5.41) is 10.6. The molecule has 1 fully saturated rings. The van der Waals surface area contributed by atoms with Crippen LogP contribution in [0.15, 0.2) is 17.5 Å². The molecule has 1 saturated carbocycles. The number of aromatic nitrogens is 2. The molecule has 0 amide bonds. The molecule has 96 valence electrons. The van der Waals surface area contributed by atoms with Crippen LogP contribution in [0.3, 0.4) is 0 Å². The predicted molar refractivity (Wildman–Crippen MR) is 76.0 cm³/mol. The zero-order valence-electron chi connectivity index (χ0n) is 10.3. The maximum atomic E-state index is 4.23. The lowest BCUT2D eigenvalue weighted by Gasteiger charge is -2.20. The van der Waals surface area contributed by atoms with Gasteiger partial charge >= 0.3 is 0 Å². The minimum Gasteiger partial charge on any atom is -0.377 e. The van der Waals surface area contributed by atoms with Crippen molar-refractivity contribution < 1.29 is 0 Å². The molecule has 3 rings (SSSR count). The number of rotatable bonds is 6. The largest absolute Gasteiger partial charge is 0.377 e.